The standard InChI is InChI=1S/C12H22F3N3/c1-8(2)5-6-18(9-3-4-9)7-10(11(16)17)12(13,14)15/h8-10H,3-7H2,1-2H3,(H3,16,17). The predicted molar refractivity (Wildman–Crippen MR) is 65.5 cm³/mol. The number of hydrogen-bond acceptors (Lipinski definition) is 2. The molecule has 0 aromatic heterocycles. The predicted octanol–water partition coefficient (Wildman–Crippen LogP) is 2.61. The van der Waals surface area contributed by atoms with Gasteiger partial charge in [-0.3, -0.25) is 10.3 Å². The molecule has 0 heterocycles. The van der Waals surface area contributed by atoms with Gasteiger partial charge in [-0.1, -0.05) is 13.8 Å². The minimum atomic E-state index is -4.42. The summed E-state index contributed by atoms with van der Waals surface area (Å²) in [4.78, 5) is 1.85. The lowest BCUT2D eigenvalue weighted by molar-refractivity contribution is -0.160. The molecule has 1 unspecified atom stereocenters. The third kappa shape index (κ3) is 4.84. The average molecular weight is 265 g/mol. The van der Waals surface area contributed by atoms with Crippen LogP contribution in [0.1, 0.15) is 33.1 Å². The molecule has 0 aromatic rings. The molecule has 0 saturated heterocycles. The zero-order valence-electron chi connectivity index (χ0n) is 10.9. The molecule has 3 nitrogen and oxygen atoms in total. The van der Waals surface area contributed by atoms with E-state index in [0.717, 1.165) is 19.3 Å². The summed E-state index contributed by atoms with van der Waals surface area (Å²) in [6.45, 7) is 4.59. The Balaban J connectivity index is 2.60. The Morgan fingerprint density at radius 1 is 1.39 bits per heavy atom. The van der Waals surface area contributed by atoms with Crippen molar-refractivity contribution in [1.29, 1.82) is 5.41 Å². The first-order valence-electron chi connectivity index (χ1n) is 6.36. The normalized spacial score (nSPS) is 18.4. The van der Waals surface area contributed by atoms with Crippen LogP contribution in [-0.4, -0.2) is 36.0 Å². The summed E-state index contributed by atoms with van der Waals surface area (Å²) in [5, 5.41) is 7.11. The molecule has 18 heavy (non-hydrogen) atoms. The highest BCUT2D eigenvalue weighted by molar-refractivity contribution is 5.80. The summed E-state index contributed by atoms with van der Waals surface area (Å²) in [7, 11) is 0. The van der Waals surface area contributed by atoms with Gasteiger partial charge >= 0.3 is 6.18 Å². The van der Waals surface area contributed by atoms with Crippen LogP contribution in [0.5, 0.6) is 0 Å². The molecule has 1 aliphatic rings. The summed E-state index contributed by atoms with van der Waals surface area (Å²) < 4.78 is 38.3. The van der Waals surface area contributed by atoms with Gasteiger partial charge in [0.1, 0.15) is 11.8 Å². The van der Waals surface area contributed by atoms with Gasteiger partial charge in [-0.25, -0.2) is 0 Å². The quantitative estimate of drug-likeness (QED) is 0.549. The van der Waals surface area contributed by atoms with Gasteiger partial charge in [0.15, 0.2) is 0 Å². The van der Waals surface area contributed by atoms with Gasteiger partial charge < -0.3 is 5.73 Å². The van der Waals surface area contributed by atoms with E-state index in [9.17, 15) is 13.2 Å². The Kier molecular flexibility index (Phi) is 5.01. The molecule has 1 atom stereocenters. The fraction of sp³-hybridized carbons (Fsp3) is 0.917. The van der Waals surface area contributed by atoms with Gasteiger partial charge in [0.25, 0.3) is 0 Å². The minimum absolute atomic E-state index is 0.170. The zero-order valence-corrected chi connectivity index (χ0v) is 10.9. The van der Waals surface area contributed by atoms with Crippen molar-refractivity contribution in [2.75, 3.05) is 13.1 Å². The van der Waals surface area contributed by atoms with Crippen molar-refractivity contribution < 1.29 is 13.2 Å². The Morgan fingerprint density at radius 2 is 1.94 bits per heavy atom. The van der Waals surface area contributed by atoms with Crippen LogP contribution in [0.3, 0.4) is 0 Å². The Labute approximate surface area is 106 Å². The molecule has 1 rings (SSSR count). The number of nitrogens with one attached hydrogen (secondary N) is 1. The van der Waals surface area contributed by atoms with Crippen LogP contribution in [0, 0.1) is 17.2 Å². The summed E-state index contributed by atoms with van der Waals surface area (Å²) in [6.07, 6.45) is -1.63. The fourth-order valence-corrected chi connectivity index (χ4v) is 1.90. The number of halogens is 3. The Hall–Kier alpha value is -0.780. The van der Waals surface area contributed by atoms with Gasteiger partial charge in [-0.2, -0.15) is 13.2 Å². The van der Waals surface area contributed by atoms with Crippen molar-refractivity contribution in [2.45, 2.75) is 45.3 Å². The topological polar surface area (TPSA) is 53.1 Å². The highest BCUT2D eigenvalue weighted by Crippen LogP contribution is 2.32. The lowest BCUT2D eigenvalue weighted by Crippen LogP contribution is -2.45. The van der Waals surface area contributed by atoms with Crippen molar-refractivity contribution >= 4 is 5.84 Å². The van der Waals surface area contributed by atoms with Gasteiger partial charge in [-0.05, 0) is 31.7 Å². The smallest absolute Gasteiger partial charge is 0.387 e. The first-order chi connectivity index (χ1) is 8.21. The van der Waals surface area contributed by atoms with E-state index in [1.807, 2.05) is 4.90 Å². The van der Waals surface area contributed by atoms with Gasteiger partial charge in [0.05, 0.1) is 0 Å². The molecular formula is C12H22F3N3. The van der Waals surface area contributed by atoms with Gasteiger partial charge in [0.2, 0.25) is 0 Å². The van der Waals surface area contributed by atoms with E-state index in [-0.39, 0.29) is 12.6 Å². The van der Waals surface area contributed by atoms with E-state index >= 15 is 0 Å². The molecule has 106 valence electrons. The van der Waals surface area contributed by atoms with Crippen molar-refractivity contribution in [3.05, 3.63) is 0 Å². The van der Waals surface area contributed by atoms with E-state index < -0.39 is 17.9 Å². The third-order valence-electron chi connectivity index (χ3n) is 3.24. The Morgan fingerprint density at radius 3 is 2.28 bits per heavy atom. The van der Waals surface area contributed by atoms with Crippen LogP contribution >= 0.6 is 0 Å². The molecule has 0 aromatic carbocycles. The SMILES string of the molecule is CC(C)CCN(CC(C(=N)N)C(F)(F)F)C1CC1. The number of rotatable bonds is 7. The summed E-state index contributed by atoms with van der Waals surface area (Å²) in [6, 6.07) is 0.257. The summed E-state index contributed by atoms with van der Waals surface area (Å²) in [5.74, 6) is -2.14. The number of nitrogens with zero attached hydrogens (tertiary/aromatic N) is 1. The third-order valence-corrected chi connectivity index (χ3v) is 3.24. The molecule has 1 aliphatic carbocycles. The van der Waals surface area contributed by atoms with Crippen LogP contribution in [0.25, 0.3) is 0 Å². The lowest BCUT2D eigenvalue weighted by Gasteiger charge is -2.28. The van der Waals surface area contributed by atoms with Gasteiger partial charge in [0, 0.05) is 12.6 Å². The zero-order chi connectivity index (χ0) is 13.9. The van der Waals surface area contributed by atoms with E-state index in [1.165, 1.54) is 0 Å². The van der Waals surface area contributed by atoms with Crippen molar-refractivity contribution in [3.8, 4) is 0 Å². The minimum Gasteiger partial charge on any atom is -0.387 e. The fourth-order valence-electron chi connectivity index (χ4n) is 1.90. The molecule has 0 aliphatic heterocycles. The molecule has 1 fully saturated rings. The van der Waals surface area contributed by atoms with Crippen molar-refractivity contribution in [1.82, 2.24) is 4.90 Å². The first kappa shape index (κ1) is 15.3. The van der Waals surface area contributed by atoms with E-state index in [4.69, 9.17) is 11.1 Å². The average Bonchev–Trinajstić information content (AvgIpc) is 2.98. The van der Waals surface area contributed by atoms with Crippen molar-refractivity contribution in [3.63, 3.8) is 0 Å². The van der Waals surface area contributed by atoms with Crippen LogP contribution < -0.4 is 5.73 Å². The summed E-state index contributed by atoms with van der Waals surface area (Å²) >= 11 is 0. The van der Waals surface area contributed by atoms with Crippen LogP contribution in [0.15, 0.2) is 0 Å². The monoisotopic (exact) mass is 265 g/mol. The molecule has 0 amide bonds. The first-order valence-corrected chi connectivity index (χ1v) is 6.36. The second-order valence-electron chi connectivity index (χ2n) is 5.46. The number of nitrogens with two attached hydrogens (primary N) is 1. The molecule has 1 saturated carbocycles. The maximum absolute atomic E-state index is 12.8. The highest BCUT2D eigenvalue weighted by atomic mass is 19.4. The van der Waals surface area contributed by atoms with E-state index in [2.05, 4.69) is 13.8 Å². The molecule has 3 N–H and O–H groups in total. The number of amidine groups is 1. The molecule has 0 radical (unpaired) electrons. The van der Waals surface area contributed by atoms with Crippen molar-refractivity contribution in [2.24, 2.45) is 17.6 Å². The lowest BCUT2D eigenvalue weighted by atomic mass is 10.1. The van der Waals surface area contributed by atoms with Gasteiger partial charge in [-0.15, -0.1) is 0 Å². The second kappa shape index (κ2) is 5.91. The van der Waals surface area contributed by atoms with E-state index in [1.54, 1.807) is 0 Å². The molecule has 6 heteroatoms. The van der Waals surface area contributed by atoms with Crippen LogP contribution in [-0.2, 0) is 0 Å². The molecular weight excluding hydrogens is 243 g/mol. The number of alkyl halides is 3. The van der Waals surface area contributed by atoms with Crippen LogP contribution in [0.4, 0.5) is 13.2 Å². The molecule has 0 spiro atoms. The number of hydrogen-bond donors (Lipinski definition) is 2. The maximum Gasteiger partial charge on any atom is 0.399 e. The molecule has 0 bridgehead atoms. The van der Waals surface area contributed by atoms with E-state index in [0.29, 0.717) is 12.5 Å². The Bertz CT molecular complexity index is 285. The largest absolute Gasteiger partial charge is 0.399 e. The second-order valence-corrected chi connectivity index (χ2v) is 5.46. The summed E-state index contributed by atoms with van der Waals surface area (Å²) in [5.41, 5.74) is 5.08. The maximum atomic E-state index is 12.8. The van der Waals surface area contributed by atoms with Crippen LogP contribution in [0.2, 0.25) is 0 Å². The highest BCUT2D eigenvalue weighted by Gasteiger charge is 2.44.